The minimum absolute atomic E-state index is 0.0908. The zero-order valence-corrected chi connectivity index (χ0v) is 11.1. The summed E-state index contributed by atoms with van der Waals surface area (Å²) in [7, 11) is 0. The molecule has 0 unspecified atom stereocenters. The smallest absolute Gasteiger partial charge is 0.337 e. The minimum Gasteiger partial charge on any atom is -0.478 e. The molecular weight excluding hydrogens is 280 g/mol. The summed E-state index contributed by atoms with van der Waals surface area (Å²) in [6.07, 6.45) is 0.182. The molecule has 1 aromatic rings. The van der Waals surface area contributed by atoms with Gasteiger partial charge in [-0.1, -0.05) is 6.92 Å². The number of non-ortho nitro benzene ring substituents is 1. The molecule has 0 bridgehead atoms. The standard InChI is InChI=1S/C13H12N2O6/c1-7-4-11(16)14(12(17)5-7)10-6-8(15(20)21)2-3-9(10)13(18)19/h2-3,6-7H,4-5H2,1H3,(H,18,19). The second-order valence-corrected chi connectivity index (χ2v) is 4.90. The van der Waals surface area contributed by atoms with Gasteiger partial charge in [0, 0.05) is 25.0 Å². The van der Waals surface area contributed by atoms with Gasteiger partial charge in [0.15, 0.2) is 0 Å². The summed E-state index contributed by atoms with van der Waals surface area (Å²) in [5, 5.41) is 19.9. The summed E-state index contributed by atoms with van der Waals surface area (Å²) in [5.41, 5.74) is -0.954. The zero-order chi connectivity index (χ0) is 15.7. The third-order valence-corrected chi connectivity index (χ3v) is 3.21. The van der Waals surface area contributed by atoms with Crippen molar-refractivity contribution in [3.63, 3.8) is 0 Å². The van der Waals surface area contributed by atoms with E-state index in [0.29, 0.717) is 0 Å². The van der Waals surface area contributed by atoms with Crippen LogP contribution in [0.25, 0.3) is 0 Å². The van der Waals surface area contributed by atoms with E-state index in [9.17, 15) is 24.5 Å². The maximum atomic E-state index is 12.0. The van der Waals surface area contributed by atoms with E-state index in [1.165, 1.54) is 0 Å². The lowest BCUT2D eigenvalue weighted by molar-refractivity contribution is -0.384. The number of nitrogens with zero attached hydrogens (tertiary/aromatic N) is 2. The SMILES string of the molecule is CC1CC(=O)N(c2cc([N+](=O)[O-])ccc2C(=O)O)C(=O)C1. The van der Waals surface area contributed by atoms with Crippen LogP contribution in [0.2, 0.25) is 0 Å². The van der Waals surface area contributed by atoms with Crippen molar-refractivity contribution in [1.29, 1.82) is 0 Å². The molecule has 110 valence electrons. The van der Waals surface area contributed by atoms with Gasteiger partial charge in [-0.05, 0) is 12.0 Å². The van der Waals surface area contributed by atoms with Crippen molar-refractivity contribution in [3.8, 4) is 0 Å². The van der Waals surface area contributed by atoms with E-state index in [1.54, 1.807) is 6.92 Å². The Kier molecular flexibility index (Phi) is 3.70. The van der Waals surface area contributed by atoms with Gasteiger partial charge in [-0.3, -0.25) is 19.7 Å². The molecule has 1 aliphatic rings. The normalized spacial score (nSPS) is 16.1. The third-order valence-electron chi connectivity index (χ3n) is 3.21. The number of carboxylic acid groups (broad SMARTS) is 1. The van der Waals surface area contributed by atoms with Crippen LogP contribution < -0.4 is 4.90 Å². The highest BCUT2D eigenvalue weighted by Crippen LogP contribution is 2.31. The van der Waals surface area contributed by atoms with Gasteiger partial charge >= 0.3 is 5.97 Å². The Morgan fingerprint density at radius 1 is 1.33 bits per heavy atom. The Hall–Kier alpha value is -2.77. The van der Waals surface area contributed by atoms with Crippen molar-refractivity contribution in [2.75, 3.05) is 4.90 Å². The highest BCUT2D eigenvalue weighted by molar-refractivity contribution is 6.19. The van der Waals surface area contributed by atoms with Gasteiger partial charge in [-0.15, -0.1) is 0 Å². The van der Waals surface area contributed by atoms with Gasteiger partial charge in [-0.25, -0.2) is 9.69 Å². The molecule has 1 aromatic carbocycles. The number of benzene rings is 1. The van der Waals surface area contributed by atoms with Crippen LogP contribution in [0.15, 0.2) is 18.2 Å². The fourth-order valence-electron chi connectivity index (χ4n) is 2.26. The largest absolute Gasteiger partial charge is 0.478 e. The van der Waals surface area contributed by atoms with Crippen LogP contribution in [0.5, 0.6) is 0 Å². The van der Waals surface area contributed by atoms with Crippen LogP contribution in [-0.4, -0.2) is 27.8 Å². The van der Waals surface area contributed by atoms with E-state index in [0.717, 1.165) is 23.1 Å². The highest BCUT2D eigenvalue weighted by atomic mass is 16.6. The van der Waals surface area contributed by atoms with Gasteiger partial charge in [0.25, 0.3) is 5.69 Å². The molecule has 2 rings (SSSR count). The number of hydrogen-bond donors (Lipinski definition) is 1. The van der Waals surface area contributed by atoms with Crippen molar-refractivity contribution in [2.24, 2.45) is 5.92 Å². The van der Waals surface area contributed by atoms with Gasteiger partial charge in [0.05, 0.1) is 16.2 Å². The number of carboxylic acids is 1. The molecule has 0 aliphatic carbocycles. The maximum absolute atomic E-state index is 12.0. The summed E-state index contributed by atoms with van der Waals surface area (Å²) in [5.74, 6) is -2.60. The molecule has 0 spiro atoms. The first-order valence-corrected chi connectivity index (χ1v) is 6.18. The molecule has 0 aromatic heterocycles. The molecule has 21 heavy (non-hydrogen) atoms. The van der Waals surface area contributed by atoms with E-state index in [2.05, 4.69) is 0 Å². The minimum atomic E-state index is -1.36. The van der Waals surface area contributed by atoms with Gasteiger partial charge in [0.2, 0.25) is 11.8 Å². The van der Waals surface area contributed by atoms with Gasteiger partial charge < -0.3 is 5.11 Å². The van der Waals surface area contributed by atoms with E-state index in [1.807, 2.05) is 0 Å². The second-order valence-electron chi connectivity index (χ2n) is 4.90. The Morgan fingerprint density at radius 2 is 1.90 bits per heavy atom. The van der Waals surface area contributed by atoms with Crippen molar-refractivity contribution in [1.82, 2.24) is 0 Å². The molecule has 8 nitrogen and oxygen atoms in total. The zero-order valence-electron chi connectivity index (χ0n) is 11.1. The monoisotopic (exact) mass is 292 g/mol. The van der Waals surface area contributed by atoms with Crippen LogP contribution in [0, 0.1) is 16.0 Å². The predicted molar refractivity (Wildman–Crippen MR) is 70.9 cm³/mol. The topological polar surface area (TPSA) is 118 Å². The number of imide groups is 1. The molecule has 2 amide bonds. The molecule has 1 heterocycles. The first kappa shape index (κ1) is 14.6. The summed E-state index contributed by atoms with van der Waals surface area (Å²) in [4.78, 5) is 46.1. The molecule has 8 heteroatoms. The summed E-state index contributed by atoms with van der Waals surface area (Å²) in [6.45, 7) is 1.73. The average Bonchev–Trinajstić information content (AvgIpc) is 2.36. The van der Waals surface area contributed by atoms with Crippen molar-refractivity contribution >= 4 is 29.2 Å². The number of amides is 2. The first-order chi connectivity index (χ1) is 9.81. The fourth-order valence-corrected chi connectivity index (χ4v) is 2.26. The predicted octanol–water partition coefficient (Wildman–Crippen LogP) is 1.58. The molecule has 1 saturated heterocycles. The molecule has 0 radical (unpaired) electrons. The van der Waals surface area contributed by atoms with Gasteiger partial charge in [0.1, 0.15) is 0 Å². The number of piperidine rings is 1. The van der Waals surface area contributed by atoms with Crippen LogP contribution in [0.3, 0.4) is 0 Å². The molecule has 0 atom stereocenters. The lowest BCUT2D eigenvalue weighted by Gasteiger charge is -2.28. The van der Waals surface area contributed by atoms with E-state index < -0.39 is 22.7 Å². The Bertz CT molecular complexity index is 636. The number of aromatic carboxylic acids is 1. The van der Waals surface area contributed by atoms with E-state index >= 15 is 0 Å². The lowest BCUT2D eigenvalue weighted by atomic mass is 9.96. The molecule has 1 aliphatic heterocycles. The van der Waals surface area contributed by atoms with Gasteiger partial charge in [-0.2, -0.15) is 0 Å². The Morgan fingerprint density at radius 3 is 2.38 bits per heavy atom. The second kappa shape index (κ2) is 5.31. The number of rotatable bonds is 3. The van der Waals surface area contributed by atoms with Crippen molar-refractivity contribution in [2.45, 2.75) is 19.8 Å². The van der Waals surface area contributed by atoms with E-state index in [4.69, 9.17) is 5.11 Å². The number of anilines is 1. The average molecular weight is 292 g/mol. The number of carbonyl (C=O) groups excluding carboxylic acids is 2. The van der Waals surface area contributed by atoms with E-state index in [-0.39, 0.29) is 35.7 Å². The van der Waals surface area contributed by atoms with Crippen LogP contribution in [0.4, 0.5) is 11.4 Å². The summed E-state index contributed by atoms with van der Waals surface area (Å²) >= 11 is 0. The Balaban J connectivity index is 2.57. The van der Waals surface area contributed by atoms with Crippen molar-refractivity contribution < 1.29 is 24.4 Å². The third kappa shape index (κ3) is 2.73. The number of nitro groups is 1. The first-order valence-electron chi connectivity index (χ1n) is 6.18. The van der Waals surface area contributed by atoms with Crippen LogP contribution in [0.1, 0.15) is 30.1 Å². The number of carbonyl (C=O) groups is 3. The maximum Gasteiger partial charge on any atom is 0.337 e. The van der Waals surface area contributed by atoms with Crippen LogP contribution in [-0.2, 0) is 9.59 Å². The van der Waals surface area contributed by atoms with Crippen LogP contribution >= 0.6 is 0 Å². The quantitative estimate of drug-likeness (QED) is 0.513. The fraction of sp³-hybridized carbons (Fsp3) is 0.308. The molecular formula is C13H12N2O6. The molecule has 1 N–H and O–H groups in total. The summed E-state index contributed by atoms with van der Waals surface area (Å²) < 4.78 is 0. The number of nitro benzene ring substituents is 1. The molecule has 0 saturated carbocycles. The summed E-state index contributed by atoms with van der Waals surface area (Å²) in [6, 6.07) is 2.98. The highest BCUT2D eigenvalue weighted by Gasteiger charge is 2.34. The lowest BCUT2D eigenvalue weighted by Crippen LogP contribution is -2.43. The molecule has 1 fully saturated rings. The van der Waals surface area contributed by atoms with Crippen molar-refractivity contribution in [3.05, 3.63) is 33.9 Å². The number of hydrogen-bond acceptors (Lipinski definition) is 5. The Labute approximate surface area is 119 Å².